The topological polar surface area (TPSA) is 70.1 Å². The van der Waals surface area contributed by atoms with Crippen LogP contribution in [0.3, 0.4) is 0 Å². The summed E-state index contributed by atoms with van der Waals surface area (Å²) in [6, 6.07) is 11.0. The smallest absolute Gasteiger partial charge is 0.243 e. The van der Waals surface area contributed by atoms with Crippen molar-refractivity contribution in [2.45, 2.75) is 18.2 Å². The first-order valence-corrected chi connectivity index (χ1v) is 10.5. The molecule has 6 nitrogen and oxygen atoms in total. The first kappa shape index (κ1) is 19.1. The van der Waals surface area contributed by atoms with Crippen molar-refractivity contribution >= 4 is 20.8 Å². The number of β-amino-alcohol motifs (C(OH)–C–C–N with tert-alkyl or cyclic N) is 1. The summed E-state index contributed by atoms with van der Waals surface area (Å²) in [6.45, 7) is 5.60. The van der Waals surface area contributed by atoms with E-state index in [2.05, 4.69) is 11.8 Å². The molecule has 0 atom stereocenters. The van der Waals surface area contributed by atoms with Gasteiger partial charge in [0.05, 0.1) is 18.1 Å². The van der Waals surface area contributed by atoms with Gasteiger partial charge in [-0.15, -0.1) is 0 Å². The maximum Gasteiger partial charge on any atom is 0.243 e. The van der Waals surface area contributed by atoms with Gasteiger partial charge >= 0.3 is 0 Å². The molecule has 0 aliphatic carbocycles. The molecule has 1 aliphatic rings. The Morgan fingerprint density at radius 3 is 2.42 bits per heavy atom. The van der Waals surface area contributed by atoms with Crippen molar-refractivity contribution in [3.63, 3.8) is 0 Å². The van der Waals surface area contributed by atoms with E-state index in [-0.39, 0.29) is 6.61 Å². The number of aliphatic hydroxyl groups excluding tert-OH is 1. The molecule has 1 fully saturated rings. The van der Waals surface area contributed by atoms with Crippen molar-refractivity contribution < 1.29 is 18.3 Å². The maximum absolute atomic E-state index is 12.9. The third-order valence-electron chi connectivity index (χ3n) is 4.64. The first-order valence-electron chi connectivity index (χ1n) is 9.04. The van der Waals surface area contributed by atoms with E-state index in [0.29, 0.717) is 44.2 Å². The van der Waals surface area contributed by atoms with Crippen molar-refractivity contribution in [1.82, 2.24) is 9.21 Å². The first-order chi connectivity index (χ1) is 12.5. The van der Waals surface area contributed by atoms with Crippen LogP contribution in [0.25, 0.3) is 10.8 Å². The van der Waals surface area contributed by atoms with E-state index in [1.165, 1.54) is 4.31 Å². The molecular formula is C19H26N2O4S. The van der Waals surface area contributed by atoms with Crippen LogP contribution in [0.4, 0.5) is 0 Å². The number of benzene rings is 2. The van der Waals surface area contributed by atoms with Gasteiger partial charge in [0.15, 0.2) is 0 Å². The second-order valence-electron chi connectivity index (χ2n) is 6.49. The Bertz CT molecular complexity index is 846. The van der Waals surface area contributed by atoms with Gasteiger partial charge in [0, 0.05) is 32.7 Å². The molecule has 1 heterocycles. The van der Waals surface area contributed by atoms with Crippen LogP contribution in [0.15, 0.2) is 41.3 Å². The summed E-state index contributed by atoms with van der Waals surface area (Å²) in [5, 5.41) is 10.9. The lowest BCUT2D eigenvalue weighted by Gasteiger charge is -2.33. The molecule has 0 saturated carbocycles. The van der Waals surface area contributed by atoms with E-state index in [9.17, 15) is 8.42 Å². The van der Waals surface area contributed by atoms with Gasteiger partial charge in [-0.2, -0.15) is 4.31 Å². The van der Waals surface area contributed by atoms with Crippen LogP contribution in [-0.2, 0) is 10.0 Å². The second-order valence-corrected chi connectivity index (χ2v) is 8.43. The second kappa shape index (κ2) is 8.35. The highest BCUT2D eigenvalue weighted by molar-refractivity contribution is 7.89. The van der Waals surface area contributed by atoms with Crippen LogP contribution in [0.5, 0.6) is 5.75 Å². The number of rotatable bonds is 7. The lowest BCUT2D eigenvalue weighted by Crippen LogP contribution is -2.49. The van der Waals surface area contributed by atoms with E-state index in [1.807, 2.05) is 24.3 Å². The number of piperazine rings is 1. The standard InChI is InChI=1S/C19H26N2O4S/c1-2-13-25-18-5-3-17-15-19(6-4-16(17)14-18)26(23,24)21-9-7-20(8-10-21)11-12-22/h3-6,14-15,22H,2,7-13H2,1H3. The van der Waals surface area contributed by atoms with Crippen LogP contribution in [0.1, 0.15) is 13.3 Å². The molecule has 0 bridgehead atoms. The number of hydrogen-bond donors (Lipinski definition) is 1. The van der Waals surface area contributed by atoms with E-state index in [1.54, 1.807) is 12.1 Å². The highest BCUT2D eigenvalue weighted by Crippen LogP contribution is 2.26. The molecule has 142 valence electrons. The van der Waals surface area contributed by atoms with Crippen LogP contribution in [0.2, 0.25) is 0 Å². The SMILES string of the molecule is CCCOc1ccc2cc(S(=O)(=O)N3CCN(CCO)CC3)ccc2c1. The van der Waals surface area contributed by atoms with Gasteiger partial charge in [0.2, 0.25) is 10.0 Å². The number of fused-ring (bicyclic) bond motifs is 1. The van der Waals surface area contributed by atoms with Gasteiger partial charge in [0.25, 0.3) is 0 Å². The highest BCUT2D eigenvalue weighted by atomic mass is 32.2. The Balaban J connectivity index is 1.78. The fraction of sp³-hybridized carbons (Fsp3) is 0.474. The van der Waals surface area contributed by atoms with Gasteiger partial charge < -0.3 is 9.84 Å². The van der Waals surface area contributed by atoms with E-state index >= 15 is 0 Å². The fourth-order valence-corrected chi connectivity index (χ4v) is 4.61. The molecule has 0 aromatic heterocycles. The normalized spacial score (nSPS) is 16.8. The van der Waals surface area contributed by atoms with E-state index in [4.69, 9.17) is 9.84 Å². The Morgan fingerprint density at radius 1 is 1.04 bits per heavy atom. The number of nitrogens with zero attached hydrogens (tertiary/aromatic N) is 2. The fourth-order valence-electron chi connectivity index (χ4n) is 3.16. The summed E-state index contributed by atoms with van der Waals surface area (Å²) < 4.78 is 33.0. The lowest BCUT2D eigenvalue weighted by molar-refractivity contribution is 0.151. The third-order valence-corrected chi connectivity index (χ3v) is 6.54. The minimum Gasteiger partial charge on any atom is -0.494 e. The van der Waals surface area contributed by atoms with Crippen LogP contribution in [-0.4, -0.2) is 68.7 Å². The zero-order valence-corrected chi connectivity index (χ0v) is 15.9. The Hall–Kier alpha value is -1.67. The van der Waals surface area contributed by atoms with Crippen molar-refractivity contribution in [2.75, 3.05) is 45.9 Å². The van der Waals surface area contributed by atoms with E-state index < -0.39 is 10.0 Å². The van der Waals surface area contributed by atoms with Gasteiger partial charge in [0.1, 0.15) is 5.75 Å². The predicted octanol–water partition coefficient (Wildman–Crippen LogP) is 1.93. The monoisotopic (exact) mass is 378 g/mol. The van der Waals surface area contributed by atoms with E-state index in [0.717, 1.165) is 22.9 Å². The molecule has 3 rings (SSSR count). The number of ether oxygens (including phenoxy) is 1. The average Bonchev–Trinajstić information content (AvgIpc) is 2.66. The summed E-state index contributed by atoms with van der Waals surface area (Å²) in [6.07, 6.45) is 0.945. The van der Waals surface area contributed by atoms with Gasteiger partial charge in [-0.3, -0.25) is 4.90 Å². The summed E-state index contributed by atoms with van der Waals surface area (Å²) in [4.78, 5) is 2.40. The summed E-state index contributed by atoms with van der Waals surface area (Å²) >= 11 is 0. The predicted molar refractivity (Wildman–Crippen MR) is 102 cm³/mol. The third kappa shape index (κ3) is 4.17. The van der Waals surface area contributed by atoms with Crippen molar-refractivity contribution in [1.29, 1.82) is 0 Å². The zero-order chi connectivity index (χ0) is 18.6. The Labute approximate surface area is 155 Å². The van der Waals surface area contributed by atoms with Gasteiger partial charge in [-0.25, -0.2) is 8.42 Å². The summed E-state index contributed by atoms with van der Waals surface area (Å²) in [5.41, 5.74) is 0. The molecule has 0 radical (unpaired) electrons. The number of aliphatic hydroxyl groups is 1. The molecule has 1 N–H and O–H groups in total. The molecule has 1 saturated heterocycles. The van der Waals surface area contributed by atoms with Gasteiger partial charge in [-0.1, -0.05) is 19.1 Å². The Kier molecular flexibility index (Phi) is 6.13. The highest BCUT2D eigenvalue weighted by Gasteiger charge is 2.28. The number of hydrogen-bond acceptors (Lipinski definition) is 5. The van der Waals surface area contributed by atoms with Crippen LogP contribution < -0.4 is 4.74 Å². The van der Waals surface area contributed by atoms with Crippen LogP contribution >= 0.6 is 0 Å². The lowest BCUT2D eigenvalue weighted by atomic mass is 10.1. The van der Waals surface area contributed by atoms with Crippen molar-refractivity contribution in [3.05, 3.63) is 36.4 Å². The molecule has 0 spiro atoms. The minimum atomic E-state index is -3.50. The molecule has 2 aromatic carbocycles. The van der Waals surface area contributed by atoms with Gasteiger partial charge in [-0.05, 0) is 41.5 Å². The molecule has 2 aromatic rings. The quantitative estimate of drug-likeness (QED) is 0.797. The molecule has 26 heavy (non-hydrogen) atoms. The molecule has 1 aliphatic heterocycles. The maximum atomic E-state index is 12.9. The minimum absolute atomic E-state index is 0.0986. The summed E-state index contributed by atoms with van der Waals surface area (Å²) in [5.74, 6) is 0.801. The summed E-state index contributed by atoms with van der Waals surface area (Å²) in [7, 11) is -3.50. The molecule has 0 amide bonds. The molecule has 0 unspecified atom stereocenters. The largest absolute Gasteiger partial charge is 0.494 e. The van der Waals surface area contributed by atoms with Crippen LogP contribution in [0, 0.1) is 0 Å². The zero-order valence-electron chi connectivity index (χ0n) is 15.1. The Morgan fingerprint density at radius 2 is 1.73 bits per heavy atom. The van der Waals surface area contributed by atoms with Crippen molar-refractivity contribution in [2.24, 2.45) is 0 Å². The van der Waals surface area contributed by atoms with Crippen molar-refractivity contribution in [3.8, 4) is 5.75 Å². The average molecular weight is 378 g/mol. The molecular weight excluding hydrogens is 352 g/mol. The molecule has 7 heteroatoms. The number of sulfonamides is 1.